The number of hydrogen-bond donors (Lipinski definition) is 6. The first-order chi connectivity index (χ1) is 54.3. The average Bonchev–Trinajstić information content (AvgIpc) is 1.32. The number of carbonyl (C=O) groups is 9. The van der Waals surface area contributed by atoms with Crippen LogP contribution < -0.4 is 31.9 Å². The van der Waals surface area contributed by atoms with Gasteiger partial charge < -0.3 is 74.7 Å². The van der Waals surface area contributed by atoms with Gasteiger partial charge in [-0.25, -0.2) is 0 Å². The molecule has 1 aliphatic heterocycles. The molecule has 6 N–H and O–H groups in total. The van der Waals surface area contributed by atoms with E-state index in [2.05, 4.69) is 73.4 Å². The molecule has 0 atom stereocenters. The van der Waals surface area contributed by atoms with Gasteiger partial charge in [0.1, 0.15) is 0 Å². The number of rotatable bonds is 63. The zero-order valence-electron chi connectivity index (χ0n) is 82.5. The van der Waals surface area contributed by atoms with E-state index in [0.29, 0.717) is 156 Å². The van der Waals surface area contributed by atoms with Gasteiger partial charge in [0.25, 0.3) is 11.8 Å². The molecule has 0 fully saturated rings. The minimum atomic E-state index is -0.723. The lowest BCUT2D eigenvalue weighted by atomic mass is 9.79. The Morgan fingerprint density at radius 3 is 0.767 bits per heavy atom. The monoisotopic (exact) mass is 1700 g/mol. The van der Waals surface area contributed by atoms with E-state index in [9.17, 15) is 43.2 Å². The second-order valence-corrected chi connectivity index (χ2v) is 45.3. The van der Waals surface area contributed by atoms with Crippen molar-refractivity contribution < 1.29 is 81.0 Å². The standard InChI is InChI=1S/C95H178N8O17/c1-80(2,3)38-40-82(7,8)78(111)100-88(19,20)50-67-119-92(27,28)44-56-98-74(107)84(11,12)46-63-115-90(23,24)42-54-96-76(109)86(15,16)48-65-117-94(31,32)52-61-113-69-59-102(71(104)37-58-103-72(105)35-36-73(103)106)60-70-114-62-53-95(33,34)118-66-49-87(17,18)77(110)97-55-43-91(25,26)116-64-47-85(13,14)75(108)99-57-45-93(29,30)120-68-51-89(21,22)101-79(112)83(9,10)41-39-81(4,5)6/h35-36H,37-70H2,1-34H3,(H,96,109)(H,97,110)(H,98,107)(H,99,108)(H,100,111)(H,101,112). The third kappa shape index (κ3) is 48.4. The van der Waals surface area contributed by atoms with Gasteiger partial charge in [0.2, 0.25) is 41.4 Å². The largest absolute Gasteiger partial charge is 0.380 e. The predicted molar refractivity (Wildman–Crippen MR) is 481 cm³/mol. The summed E-state index contributed by atoms with van der Waals surface area (Å²) in [4.78, 5) is 121. The number of hydrogen-bond acceptors (Lipinski definition) is 17. The highest BCUT2D eigenvalue weighted by atomic mass is 16.5. The molecule has 1 heterocycles. The van der Waals surface area contributed by atoms with Crippen LogP contribution >= 0.6 is 0 Å². The molecule has 0 radical (unpaired) electrons. The number of imide groups is 1. The van der Waals surface area contributed by atoms with Crippen LogP contribution in [0.3, 0.4) is 0 Å². The Labute approximate surface area is 729 Å². The first-order valence-electron chi connectivity index (χ1n) is 44.9. The molecule has 0 aliphatic carbocycles. The highest BCUT2D eigenvalue weighted by Crippen LogP contribution is 2.35. The van der Waals surface area contributed by atoms with Crippen LogP contribution in [0.2, 0.25) is 0 Å². The Hall–Kier alpha value is -5.15. The van der Waals surface area contributed by atoms with Crippen molar-refractivity contribution in [1.29, 1.82) is 0 Å². The van der Waals surface area contributed by atoms with E-state index in [1.807, 2.05) is 194 Å². The Kier molecular flexibility index (Phi) is 45.1. The molecule has 0 aromatic rings. The van der Waals surface area contributed by atoms with Crippen LogP contribution in [0.5, 0.6) is 0 Å². The van der Waals surface area contributed by atoms with Gasteiger partial charge >= 0.3 is 0 Å². The Bertz CT molecular complexity index is 3020. The first kappa shape index (κ1) is 113. The first-order valence-corrected chi connectivity index (χ1v) is 44.9. The number of carbonyl (C=O) groups excluding carboxylic acids is 9. The molecule has 0 bridgehead atoms. The van der Waals surface area contributed by atoms with Gasteiger partial charge in [-0.2, -0.15) is 0 Å². The number of nitrogens with zero attached hydrogens (tertiary/aromatic N) is 2. The maximum Gasteiger partial charge on any atom is 0.253 e. The average molecular weight is 1700 g/mol. The molecule has 0 spiro atoms. The van der Waals surface area contributed by atoms with Gasteiger partial charge in [0, 0.05) is 161 Å². The van der Waals surface area contributed by atoms with Gasteiger partial charge in [-0.15, -0.1) is 0 Å². The second-order valence-electron chi connectivity index (χ2n) is 45.3. The summed E-state index contributed by atoms with van der Waals surface area (Å²) >= 11 is 0. The van der Waals surface area contributed by atoms with Crippen molar-refractivity contribution in [2.45, 2.75) is 389 Å². The van der Waals surface area contributed by atoms with E-state index >= 15 is 0 Å². The van der Waals surface area contributed by atoms with Crippen LogP contribution in [0.25, 0.3) is 0 Å². The fourth-order valence-corrected chi connectivity index (χ4v) is 12.5. The number of nitrogens with one attached hydrogen (secondary N) is 6. The smallest absolute Gasteiger partial charge is 0.253 e. The molecule has 1 rings (SSSR count). The molecule has 25 heteroatoms. The van der Waals surface area contributed by atoms with E-state index in [1.165, 1.54) is 12.2 Å². The third-order valence-corrected chi connectivity index (χ3v) is 23.5. The molecule has 25 nitrogen and oxygen atoms in total. The fourth-order valence-electron chi connectivity index (χ4n) is 12.5. The van der Waals surface area contributed by atoms with E-state index in [0.717, 1.165) is 30.6 Å². The SMILES string of the molecule is CC(C)(C)CCC(C)(C)C(=O)NC(C)(C)CCOC(C)(C)CCNC(=O)C(C)(C)CCOC(C)(C)CCNC(=O)C(C)(C)CCOC(C)(C)CCOCCN(CCOCCC(C)(C)OCCC(C)(C)C(=O)NCCC(C)(C)OCCC(C)(C)C(=O)NCCC(C)(C)OCCC(C)(C)NC(=O)C(C)(C)CCC(C)(C)C)C(=O)CCN1C(=O)C=CC1=O. The van der Waals surface area contributed by atoms with Crippen molar-refractivity contribution in [3.63, 3.8) is 0 Å². The Morgan fingerprint density at radius 2 is 0.517 bits per heavy atom. The molecule has 0 aromatic carbocycles. The molecule has 700 valence electrons. The summed E-state index contributed by atoms with van der Waals surface area (Å²) in [6, 6.07) is 0. The van der Waals surface area contributed by atoms with Gasteiger partial charge in [-0.3, -0.25) is 48.1 Å². The van der Waals surface area contributed by atoms with Crippen molar-refractivity contribution in [2.75, 3.05) is 112 Å². The highest BCUT2D eigenvalue weighted by molar-refractivity contribution is 6.13. The van der Waals surface area contributed by atoms with Crippen LogP contribution in [0.15, 0.2) is 12.2 Å². The lowest BCUT2D eigenvalue weighted by molar-refractivity contribution is -0.139. The Balaban J connectivity index is 2.57. The summed E-state index contributed by atoms with van der Waals surface area (Å²) in [6.07, 6.45) is 12.6. The molecule has 0 aromatic heterocycles. The molecule has 1 aliphatic rings. The molecule has 9 amide bonds. The molecule has 120 heavy (non-hydrogen) atoms. The summed E-state index contributed by atoms with van der Waals surface area (Å²) in [7, 11) is 0. The van der Waals surface area contributed by atoms with Crippen LogP contribution in [-0.2, 0) is 81.0 Å². The third-order valence-electron chi connectivity index (χ3n) is 23.5. The summed E-state index contributed by atoms with van der Waals surface area (Å²) < 4.78 is 50.0. The predicted octanol–water partition coefficient (Wildman–Crippen LogP) is 15.7. The van der Waals surface area contributed by atoms with Crippen molar-refractivity contribution in [3.05, 3.63) is 12.2 Å². The van der Waals surface area contributed by atoms with Crippen LogP contribution in [-0.4, -0.2) is 220 Å². The second kappa shape index (κ2) is 48.0. The Morgan fingerprint density at radius 1 is 0.283 bits per heavy atom. The molecule has 0 saturated heterocycles. The van der Waals surface area contributed by atoms with E-state index in [1.54, 1.807) is 4.90 Å². The normalized spacial score (nSPS) is 14.4. The zero-order valence-corrected chi connectivity index (χ0v) is 82.5. The summed E-state index contributed by atoms with van der Waals surface area (Å²) in [5.41, 5.74) is -7.59. The van der Waals surface area contributed by atoms with Gasteiger partial charge in [-0.05, 0) is 224 Å². The van der Waals surface area contributed by atoms with E-state index in [-0.39, 0.29) is 91.4 Å². The fraction of sp³-hybridized carbons (Fsp3) is 0.884. The van der Waals surface area contributed by atoms with Crippen LogP contribution in [0, 0.1) is 43.3 Å². The molecule has 0 saturated carbocycles. The summed E-state index contributed by atoms with van der Waals surface area (Å²) in [6.45, 7) is 74.1. The number of amides is 9. The number of ether oxygens (including phenoxy) is 8. The zero-order chi connectivity index (χ0) is 92.7. The maximum atomic E-state index is 13.7. The van der Waals surface area contributed by atoms with Gasteiger partial charge in [-0.1, -0.05) is 125 Å². The topological polar surface area (TPSA) is 306 Å². The molecular weight excluding hydrogens is 1530 g/mol. The minimum Gasteiger partial charge on any atom is -0.380 e. The van der Waals surface area contributed by atoms with Crippen molar-refractivity contribution in [1.82, 2.24) is 41.7 Å². The quantitative estimate of drug-likeness (QED) is 0.0243. The van der Waals surface area contributed by atoms with Crippen molar-refractivity contribution in [3.8, 4) is 0 Å². The lowest BCUT2D eigenvalue weighted by Gasteiger charge is -2.34. The summed E-state index contributed by atoms with van der Waals surface area (Å²) in [5.74, 6) is -1.38. The van der Waals surface area contributed by atoms with Gasteiger partial charge in [0.05, 0.1) is 46.8 Å². The van der Waals surface area contributed by atoms with Crippen LogP contribution in [0.4, 0.5) is 0 Å². The molecule has 0 unspecified atom stereocenters. The molecular formula is C95H178N8O17. The maximum absolute atomic E-state index is 13.7. The van der Waals surface area contributed by atoms with E-state index < -0.39 is 89.0 Å². The minimum absolute atomic E-state index is 0.0496. The summed E-state index contributed by atoms with van der Waals surface area (Å²) in [5, 5.41) is 18.9. The highest BCUT2D eigenvalue weighted by Gasteiger charge is 2.39. The van der Waals surface area contributed by atoms with Crippen LogP contribution in [0.1, 0.15) is 345 Å². The van der Waals surface area contributed by atoms with Crippen molar-refractivity contribution in [2.24, 2.45) is 43.3 Å². The van der Waals surface area contributed by atoms with E-state index in [4.69, 9.17) is 37.9 Å². The lowest BCUT2D eigenvalue weighted by Crippen LogP contribution is -2.50. The van der Waals surface area contributed by atoms with Crippen molar-refractivity contribution >= 4 is 53.2 Å². The van der Waals surface area contributed by atoms with Gasteiger partial charge in [0.15, 0.2) is 0 Å².